The zero-order chi connectivity index (χ0) is 14.8. The first kappa shape index (κ1) is 14.5. The van der Waals surface area contributed by atoms with Crippen LogP contribution in [0, 0.1) is 5.82 Å². The number of hydrazine groups is 1. The van der Waals surface area contributed by atoms with E-state index < -0.39 is 0 Å². The number of hydrogen-bond donors (Lipinski definition) is 2. The minimum absolute atomic E-state index is 0.0729. The van der Waals surface area contributed by atoms with Crippen molar-refractivity contribution in [1.29, 1.82) is 0 Å². The Kier molecular flexibility index (Phi) is 4.24. The Morgan fingerprint density at radius 1 is 1.29 bits per heavy atom. The van der Waals surface area contributed by atoms with Gasteiger partial charge in [-0.3, -0.25) is 11.3 Å². The fourth-order valence-corrected chi connectivity index (χ4v) is 3.27. The zero-order valence-corrected chi connectivity index (χ0v) is 12.9. The second kappa shape index (κ2) is 6.13. The van der Waals surface area contributed by atoms with Crippen LogP contribution in [0.1, 0.15) is 29.5 Å². The van der Waals surface area contributed by atoms with Gasteiger partial charge in [0.2, 0.25) is 0 Å². The highest BCUT2D eigenvalue weighted by Gasteiger charge is 2.30. The quantitative estimate of drug-likeness (QED) is 0.655. The summed E-state index contributed by atoms with van der Waals surface area (Å²) in [4.78, 5) is 0. The number of hydrogen-bond acceptors (Lipinski definition) is 3. The fraction of sp³-hybridized carbons (Fsp3) is 0.250. The van der Waals surface area contributed by atoms with Crippen LogP contribution in [0.3, 0.4) is 0 Å². The van der Waals surface area contributed by atoms with Gasteiger partial charge in [-0.25, -0.2) is 4.39 Å². The van der Waals surface area contributed by atoms with E-state index in [2.05, 4.69) is 21.4 Å². The van der Waals surface area contributed by atoms with E-state index in [0.717, 1.165) is 22.2 Å². The number of benzene rings is 2. The summed E-state index contributed by atoms with van der Waals surface area (Å²) in [5.74, 6) is 6.40. The van der Waals surface area contributed by atoms with Crippen molar-refractivity contribution in [2.75, 3.05) is 6.61 Å². The molecule has 2 unspecified atom stereocenters. The van der Waals surface area contributed by atoms with Gasteiger partial charge in [0, 0.05) is 16.0 Å². The Bertz CT molecular complexity index is 650. The highest BCUT2D eigenvalue weighted by molar-refractivity contribution is 9.10. The Balaban J connectivity index is 2.03. The maximum Gasteiger partial charge on any atom is 0.128 e. The summed E-state index contributed by atoms with van der Waals surface area (Å²) in [5.41, 5.74) is 4.41. The molecule has 0 fully saturated rings. The van der Waals surface area contributed by atoms with E-state index in [1.807, 2.05) is 24.3 Å². The van der Waals surface area contributed by atoms with Gasteiger partial charge in [0.05, 0.1) is 12.6 Å². The van der Waals surface area contributed by atoms with E-state index in [4.69, 9.17) is 10.6 Å². The highest BCUT2D eigenvalue weighted by Crippen LogP contribution is 2.41. The van der Waals surface area contributed by atoms with Crippen molar-refractivity contribution in [3.05, 3.63) is 63.9 Å². The monoisotopic (exact) mass is 350 g/mol. The van der Waals surface area contributed by atoms with Crippen LogP contribution in [0.5, 0.6) is 5.75 Å². The van der Waals surface area contributed by atoms with Gasteiger partial charge in [-0.2, -0.15) is 0 Å². The smallest absolute Gasteiger partial charge is 0.128 e. The van der Waals surface area contributed by atoms with Crippen LogP contribution in [0.4, 0.5) is 4.39 Å². The van der Waals surface area contributed by atoms with Crippen LogP contribution in [-0.2, 0) is 0 Å². The van der Waals surface area contributed by atoms with Gasteiger partial charge in [-0.1, -0.05) is 34.1 Å². The summed E-state index contributed by atoms with van der Waals surface area (Å²) in [5, 5.41) is 0. The molecule has 0 spiro atoms. The summed E-state index contributed by atoms with van der Waals surface area (Å²) in [7, 11) is 0. The van der Waals surface area contributed by atoms with E-state index in [1.165, 1.54) is 6.07 Å². The molecule has 1 aliphatic heterocycles. The number of fused-ring (bicyclic) bond motifs is 1. The summed E-state index contributed by atoms with van der Waals surface area (Å²) < 4.78 is 20.7. The van der Waals surface area contributed by atoms with Crippen molar-refractivity contribution >= 4 is 15.9 Å². The molecule has 0 aliphatic carbocycles. The van der Waals surface area contributed by atoms with Gasteiger partial charge < -0.3 is 4.74 Å². The predicted molar refractivity (Wildman–Crippen MR) is 83.5 cm³/mol. The van der Waals surface area contributed by atoms with E-state index in [1.54, 1.807) is 12.1 Å². The zero-order valence-electron chi connectivity index (χ0n) is 11.4. The molecule has 1 heterocycles. The van der Waals surface area contributed by atoms with E-state index in [-0.39, 0.29) is 17.8 Å². The third-order valence-corrected chi connectivity index (χ3v) is 4.37. The maximum absolute atomic E-state index is 14.2. The van der Waals surface area contributed by atoms with Crippen molar-refractivity contribution in [3.8, 4) is 5.75 Å². The Labute approximate surface area is 131 Å². The van der Waals surface area contributed by atoms with E-state index in [9.17, 15) is 4.39 Å². The molecule has 0 bridgehead atoms. The summed E-state index contributed by atoms with van der Waals surface area (Å²) >= 11 is 3.39. The molecule has 2 atom stereocenters. The van der Waals surface area contributed by atoms with E-state index in [0.29, 0.717) is 12.2 Å². The number of para-hydroxylation sites is 1. The summed E-state index contributed by atoms with van der Waals surface area (Å²) in [6, 6.07) is 12.5. The molecule has 0 amide bonds. The number of ether oxygens (including phenoxy) is 1. The standard InChI is InChI=1S/C16H16BrFN2O/c17-10-5-6-14(18)13(9-10)16(20-19)12-7-8-21-15-4-2-1-3-11(12)15/h1-6,9,12,16,20H,7-8,19H2. The highest BCUT2D eigenvalue weighted by atomic mass is 79.9. The summed E-state index contributed by atoms with van der Waals surface area (Å²) in [6.07, 6.45) is 0.790. The van der Waals surface area contributed by atoms with Crippen LogP contribution in [0.25, 0.3) is 0 Å². The second-order valence-corrected chi connectivity index (χ2v) is 6.01. The van der Waals surface area contributed by atoms with Gasteiger partial charge in [0.1, 0.15) is 11.6 Å². The lowest BCUT2D eigenvalue weighted by Crippen LogP contribution is -2.35. The largest absolute Gasteiger partial charge is 0.493 e. The molecule has 3 N–H and O–H groups in total. The minimum atomic E-state index is -0.299. The number of nitrogens with one attached hydrogen (secondary N) is 1. The lowest BCUT2D eigenvalue weighted by molar-refractivity contribution is 0.245. The molecule has 0 saturated heterocycles. The average Bonchev–Trinajstić information content (AvgIpc) is 2.51. The number of halogens is 2. The molecule has 0 saturated carbocycles. The van der Waals surface area contributed by atoms with Gasteiger partial charge in [0.25, 0.3) is 0 Å². The topological polar surface area (TPSA) is 47.3 Å². The van der Waals surface area contributed by atoms with Crippen molar-refractivity contribution in [2.45, 2.75) is 18.4 Å². The molecule has 2 aromatic rings. The Morgan fingerprint density at radius 3 is 2.90 bits per heavy atom. The molecule has 110 valence electrons. The van der Waals surface area contributed by atoms with Gasteiger partial charge in [-0.15, -0.1) is 0 Å². The lowest BCUT2D eigenvalue weighted by atomic mass is 9.83. The molecule has 2 aromatic carbocycles. The molecule has 0 aromatic heterocycles. The third-order valence-electron chi connectivity index (χ3n) is 3.88. The number of nitrogens with two attached hydrogens (primary N) is 1. The summed E-state index contributed by atoms with van der Waals surface area (Å²) in [6.45, 7) is 0.607. The molecule has 3 rings (SSSR count). The van der Waals surface area contributed by atoms with Crippen molar-refractivity contribution in [2.24, 2.45) is 5.84 Å². The first-order valence-corrected chi connectivity index (χ1v) is 7.63. The van der Waals surface area contributed by atoms with Crippen LogP contribution in [0.2, 0.25) is 0 Å². The number of rotatable bonds is 3. The van der Waals surface area contributed by atoms with Crippen molar-refractivity contribution in [3.63, 3.8) is 0 Å². The Morgan fingerprint density at radius 2 is 2.10 bits per heavy atom. The third kappa shape index (κ3) is 2.81. The fourth-order valence-electron chi connectivity index (χ4n) is 2.89. The maximum atomic E-state index is 14.2. The van der Waals surface area contributed by atoms with E-state index >= 15 is 0 Å². The SMILES string of the molecule is NNC(c1cc(Br)ccc1F)C1CCOc2ccccc21. The lowest BCUT2D eigenvalue weighted by Gasteiger charge is -2.32. The molecular weight excluding hydrogens is 335 g/mol. The molecule has 3 nitrogen and oxygen atoms in total. The minimum Gasteiger partial charge on any atom is -0.493 e. The van der Waals surface area contributed by atoms with Crippen LogP contribution >= 0.6 is 15.9 Å². The van der Waals surface area contributed by atoms with Gasteiger partial charge in [0.15, 0.2) is 0 Å². The van der Waals surface area contributed by atoms with Crippen LogP contribution < -0.4 is 16.0 Å². The first-order valence-electron chi connectivity index (χ1n) is 6.83. The second-order valence-electron chi connectivity index (χ2n) is 5.09. The average molecular weight is 351 g/mol. The molecule has 1 aliphatic rings. The first-order chi connectivity index (χ1) is 10.2. The van der Waals surface area contributed by atoms with Gasteiger partial charge in [-0.05, 0) is 36.2 Å². The predicted octanol–water partition coefficient (Wildman–Crippen LogP) is 3.66. The molecule has 5 heteroatoms. The van der Waals surface area contributed by atoms with Crippen molar-refractivity contribution < 1.29 is 9.13 Å². The molecular formula is C16H16BrFN2O. The molecule has 21 heavy (non-hydrogen) atoms. The van der Waals surface area contributed by atoms with Gasteiger partial charge >= 0.3 is 0 Å². The normalized spacial score (nSPS) is 18.7. The van der Waals surface area contributed by atoms with Crippen LogP contribution in [-0.4, -0.2) is 6.61 Å². The molecule has 0 radical (unpaired) electrons. The van der Waals surface area contributed by atoms with Crippen molar-refractivity contribution in [1.82, 2.24) is 5.43 Å². The van der Waals surface area contributed by atoms with Crippen LogP contribution in [0.15, 0.2) is 46.9 Å². The Hall–Kier alpha value is -1.43.